The predicted molar refractivity (Wildman–Crippen MR) is 296 cm³/mol. The zero-order chi connectivity index (χ0) is 55.3. The minimum Gasteiger partial charge on any atom is -0.453 e. The molecule has 6 saturated heterocycles. The van der Waals surface area contributed by atoms with Crippen molar-refractivity contribution in [3.63, 3.8) is 0 Å². The van der Waals surface area contributed by atoms with Gasteiger partial charge in [-0.15, -0.1) is 35.3 Å². The molecule has 79 heavy (non-hydrogen) atoms. The van der Waals surface area contributed by atoms with Gasteiger partial charge in [-0.3, -0.25) is 0 Å². The number of carbonyl (C=O) groups is 2. The van der Waals surface area contributed by atoms with Gasteiger partial charge in [0.05, 0.1) is 30.9 Å². The minimum absolute atomic E-state index is 0.289. The number of ether oxygens (including phenoxy) is 11. The number of rotatable bonds is 13. The van der Waals surface area contributed by atoms with Crippen molar-refractivity contribution in [3.05, 3.63) is 179 Å². The number of carbonyl (C=O) groups excluding carboxylic acids is 2. The summed E-state index contributed by atoms with van der Waals surface area (Å²) in [6.45, 7) is 6.88. The first-order chi connectivity index (χ1) is 38.5. The topological polar surface area (TPSA) is 217 Å². The summed E-state index contributed by atoms with van der Waals surface area (Å²) in [6.07, 6.45) is -10.5. The van der Waals surface area contributed by atoms with Crippen molar-refractivity contribution in [1.82, 2.24) is 0 Å². The van der Waals surface area contributed by atoms with Gasteiger partial charge in [0, 0.05) is 16.7 Å². The number of aliphatic hydroxyl groups excluding tert-OH is 4. The molecule has 0 bridgehead atoms. The Morgan fingerprint density at radius 1 is 0.405 bits per heavy atom. The Kier molecular flexibility index (Phi) is 21.7. The van der Waals surface area contributed by atoms with Crippen molar-refractivity contribution in [2.75, 3.05) is 37.1 Å². The van der Waals surface area contributed by atoms with Crippen LogP contribution >= 0.6 is 35.3 Å². The van der Waals surface area contributed by atoms with Crippen LogP contribution in [0.4, 0.5) is 0 Å². The molecule has 11 rings (SSSR count). The van der Waals surface area contributed by atoms with Crippen LogP contribution in [-0.4, -0.2) is 159 Å². The number of fused-ring (bicyclic) bond motifs is 3. The molecule has 18 atom stereocenters. The van der Waals surface area contributed by atoms with Gasteiger partial charge < -0.3 is 72.5 Å². The van der Waals surface area contributed by atoms with Crippen LogP contribution in [0.3, 0.4) is 0 Å². The molecular weight excluding hydrogens is 1080 g/mol. The van der Waals surface area contributed by atoms with Gasteiger partial charge in [0.25, 0.3) is 0 Å². The molecule has 17 nitrogen and oxygen atoms in total. The molecule has 5 aromatic rings. The van der Waals surface area contributed by atoms with E-state index in [1.54, 1.807) is 48.5 Å². The highest BCUT2D eigenvalue weighted by atomic mass is 32.2. The molecule has 20 heteroatoms. The van der Waals surface area contributed by atoms with Crippen molar-refractivity contribution < 1.29 is 82.1 Å². The molecule has 0 aliphatic carbocycles. The van der Waals surface area contributed by atoms with E-state index in [4.69, 9.17) is 52.1 Å². The van der Waals surface area contributed by atoms with Crippen LogP contribution in [-0.2, 0) is 52.1 Å². The standard InChI is InChI=1S/2C22H24O6S.C15H20O5S/c1-2-29-22-17(23)19(27-20(24)14-9-5-3-6-10-14)18-16(26-22)13-25-21(28-18)15-11-7-4-8-12-15;1-2-29-22-19(27-20(24)14-9-5-3-6-10-14)17(23)18-16(26-22)13-25-21(28-18)15-11-7-4-8-12-15;1-2-21-15-12(17)11(16)13-10(19-15)8-18-14(20-13)9-6-4-3-5-7-9/h2*3-12,16-19,21-23H,2,13H2,1H3;3-7,10-17H,2,8H2,1H3. The Morgan fingerprint density at radius 2 is 0.734 bits per heavy atom. The van der Waals surface area contributed by atoms with Crippen LogP contribution in [0.5, 0.6) is 0 Å². The zero-order valence-corrected chi connectivity index (χ0v) is 46.3. The lowest BCUT2D eigenvalue weighted by atomic mass is 9.98. The Labute approximate surface area is 472 Å². The largest absolute Gasteiger partial charge is 0.453 e. The van der Waals surface area contributed by atoms with Gasteiger partial charge in [0.1, 0.15) is 77.3 Å². The lowest BCUT2D eigenvalue weighted by molar-refractivity contribution is -0.318. The number of hydrogen-bond acceptors (Lipinski definition) is 20. The molecule has 0 aromatic heterocycles. The van der Waals surface area contributed by atoms with E-state index in [0.29, 0.717) is 24.3 Å². The number of esters is 2. The molecule has 6 aliphatic heterocycles. The van der Waals surface area contributed by atoms with Gasteiger partial charge >= 0.3 is 11.9 Å². The molecule has 0 saturated carbocycles. The van der Waals surface area contributed by atoms with Crippen LogP contribution in [0.2, 0.25) is 0 Å². The Morgan fingerprint density at radius 3 is 1.15 bits per heavy atom. The third-order valence-corrected chi connectivity index (χ3v) is 16.8. The van der Waals surface area contributed by atoms with Gasteiger partial charge in [-0.25, -0.2) is 9.59 Å². The van der Waals surface area contributed by atoms with Crippen molar-refractivity contribution in [3.8, 4) is 0 Å². The maximum atomic E-state index is 12.7. The molecule has 4 N–H and O–H groups in total. The third kappa shape index (κ3) is 14.8. The monoisotopic (exact) mass is 1140 g/mol. The van der Waals surface area contributed by atoms with Crippen LogP contribution in [0.25, 0.3) is 0 Å². The van der Waals surface area contributed by atoms with E-state index >= 15 is 0 Å². The Balaban J connectivity index is 0.000000146. The van der Waals surface area contributed by atoms with Gasteiger partial charge in [0.15, 0.2) is 31.1 Å². The fraction of sp³-hybridized carbons (Fsp3) is 0.458. The van der Waals surface area contributed by atoms with E-state index in [1.807, 2.05) is 124 Å². The van der Waals surface area contributed by atoms with E-state index in [1.165, 1.54) is 35.3 Å². The first-order valence-corrected chi connectivity index (χ1v) is 29.7. The van der Waals surface area contributed by atoms with Crippen molar-refractivity contribution in [2.45, 2.75) is 129 Å². The summed E-state index contributed by atoms with van der Waals surface area (Å²) in [7, 11) is 0. The predicted octanol–water partition coefficient (Wildman–Crippen LogP) is 7.63. The summed E-state index contributed by atoms with van der Waals surface area (Å²) < 4.78 is 64.7. The first-order valence-electron chi connectivity index (χ1n) is 26.6. The van der Waals surface area contributed by atoms with Crippen LogP contribution in [0.15, 0.2) is 152 Å². The SMILES string of the molecule is CCSC1OC2COC(c3ccccc3)OC2C(O)C1O.CCSC1OC2COC(c3ccccc3)OC2C(O)C1OC(=O)c1ccccc1.CCSC1OC2COC(c3ccccc3)OC2C(OC(=O)c2ccccc2)C1O. The van der Waals surface area contributed by atoms with Crippen LogP contribution in [0.1, 0.15) is 77.0 Å². The average molecular weight is 1150 g/mol. The highest BCUT2D eigenvalue weighted by Gasteiger charge is 2.53. The maximum absolute atomic E-state index is 12.7. The summed E-state index contributed by atoms with van der Waals surface area (Å²) in [5.41, 5.74) is 2.01. The fourth-order valence-electron chi connectivity index (χ4n) is 9.74. The van der Waals surface area contributed by atoms with E-state index in [-0.39, 0.29) is 12.7 Å². The third-order valence-electron chi connectivity index (χ3n) is 13.7. The van der Waals surface area contributed by atoms with Gasteiger partial charge in [-0.05, 0) is 41.5 Å². The van der Waals surface area contributed by atoms with Crippen molar-refractivity contribution in [2.24, 2.45) is 0 Å². The van der Waals surface area contributed by atoms with Gasteiger partial charge in [0.2, 0.25) is 0 Å². The van der Waals surface area contributed by atoms with E-state index in [0.717, 1.165) is 33.9 Å². The van der Waals surface area contributed by atoms with E-state index in [2.05, 4.69) is 0 Å². The molecule has 6 heterocycles. The highest BCUT2D eigenvalue weighted by Crippen LogP contribution is 2.41. The number of benzene rings is 5. The molecule has 6 fully saturated rings. The molecule has 0 amide bonds. The van der Waals surface area contributed by atoms with Crippen molar-refractivity contribution in [1.29, 1.82) is 0 Å². The molecule has 6 aliphatic rings. The van der Waals surface area contributed by atoms with Gasteiger partial charge in [-0.2, -0.15) is 0 Å². The number of hydrogen-bond donors (Lipinski definition) is 4. The quantitative estimate of drug-likeness (QED) is 0.0834. The summed E-state index contributed by atoms with van der Waals surface area (Å²) in [5.74, 6) is 1.32. The average Bonchev–Trinajstić information content (AvgIpc) is 3.57. The summed E-state index contributed by atoms with van der Waals surface area (Å²) in [5, 5.41) is 42.4. The summed E-state index contributed by atoms with van der Waals surface area (Å²) in [6, 6.07) is 46.1. The Bertz CT molecular complexity index is 2620. The second-order valence-electron chi connectivity index (χ2n) is 19.0. The molecule has 0 radical (unpaired) electrons. The Hall–Kier alpha value is -4.43. The van der Waals surface area contributed by atoms with Gasteiger partial charge in [-0.1, -0.05) is 148 Å². The normalized spacial score (nSPS) is 33.8. The molecule has 18 unspecified atom stereocenters. The second-order valence-corrected chi connectivity index (χ2v) is 23.1. The highest BCUT2D eigenvalue weighted by molar-refractivity contribution is 8.00. The molecule has 0 spiro atoms. The lowest BCUT2D eigenvalue weighted by Crippen LogP contribution is -2.62. The second kappa shape index (κ2) is 29.0. The summed E-state index contributed by atoms with van der Waals surface area (Å²) >= 11 is 4.42. The van der Waals surface area contributed by atoms with E-state index in [9.17, 15) is 30.0 Å². The molecule has 424 valence electrons. The number of thioether (sulfide) groups is 3. The smallest absolute Gasteiger partial charge is 0.338 e. The minimum atomic E-state index is -1.03. The molecular formula is C59H68O17S3. The van der Waals surface area contributed by atoms with Crippen LogP contribution < -0.4 is 0 Å². The summed E-state index contributed by atoms with van der Waals surface area (Å²) in [4.78, 5) is 25.3. The van der Waals surface area contributed by atoms with E-state index < -0.39 is 114 Å². The zero-order valence-electron chi connectivity index (χ0n) is 43.9. The molecule has 5 aromatic carbocycles. The maximum Gasteiger partial charge on any atom is 0.338 e. The lowest BCUT2D eigenvalue weighted by Gasteiger charge is -2.47. The fourth-order valence-corrected chi connectivity index (χ4v) is 12.5. The van der Waals surface area contributed by atoms with Crippen LogP contribution in [0, 0.1) is 0 Å². The number of aliphatic hydroxyl groups is 4. The van der Waals surface area contributed by atoms with Crippen molar-refractivity contribution >= 4 is 47.2 Å². The first kappa shape index (κ1) is 59.2.